The minimum Gasteiger partial charge on any atom is -0.372 e. The summed E-state index contributed by atoms with van der Waals surface area (Å²) in [4.78, 5) is 1.75. The maximum atomic E-state index is 13.5. The monoisotopic (exact) mass is 228 g/mol. The first-order chi connectivity index (χ1) is 7.35. The van der Waals surface area contributed by atoms with Crippen molar-refractivity contribution in [1.29, 1.82) is 0 Å². The first-order valence-corrected chi connectivity index (χ1v) is 5.22. The third-order valence-corrected chi connectivity index (χ3v) is 2.54. The topological polar surface area (TPSA) is 29.3 Å². The fraction of sp³-hybridized carbons (Fsp3) is 0.500. The second-order valence-electron chi connectivity index (χ2n) is 4.82. The Morgan fingerprint density at radius 2 is 1.94 bits per heavy atom. The highest BCUT2D eigenvalue weighted by atomic mass is 19.1. The van der Waals surface area contributed by atoms with Crippen LogP contribution in [0.5, 0.6) is 0 Å². The van der Waals surface area contributed by atoms with Gasteiger partial charge < -0.3 is 10.6 Å². The molecule has 2 N–H and O–H groups in total. The van der Waals surface area contributed by atoms with Gasteiger partial charge in [-0.2, -0.15) is 0 Å². The van der Waals surface area contributed by atoms with Gasteiger partial charge in [-0.15, -0.1) is 0 Å². The van der Waals surface area contributed by atoms with Crippen LogP contribution < -0.4 is 10.6 Å². The second-order valence-corrected chi connectivity index (χ2v) is 4.82. The summed E-state index contributed by atoms with van der Waals surface area (Å²) in [6, 6.07) is 3.59. The van der Waals surface area contributed by atoms with Crippen LogP contribution in [0.15, 0.2) is 18.2 Å². The Morgan fingerprint density at radius 3 is 2.44 bits per heavy atom. The van der Waals surface area contributed by atoms with Crippen LogP contribution in [0.2, 0.25) is 0 Å². The lowest BCUT2D eigenvalue weighted by atomic mass is 9.93. The molecular weight excluding hydrogens is 210 g/mol. The molecule has 0 amide bonds. The molecule has 0 saturated heterocycles. The van der Waals surface area contributed by atoms with E-state index in [2.05, 4.69) is 0 Å². The van der Waals surface area contributed by atoms with Crippen molar-refractivity contribution in [2.24, 2.45) is 11.1 Å². The number of anilines is 1. The lowest BCUT2D eigenvalue weighted by molar-refractivity contribution is 0.383. The standard InChI is InChI=1S/C12H18F2N2/c1-12(2,7-15)8-16(3)11-5-4-9(13)6-10(11)14/h4-6H,7-8,15H2,1-3H3. The van der Waals surface area contributed by atoms with Gasteiger partial charge in [0.1, 0.15) is 11.6 Å². The molecule has 1 aromatic carbocycles. The summed E-state index contributed by atoms with van der Waals surface area (Å²) in [5.74, 6) is -1.11. The van der Waals surface area contributed by atoms with Gasteiger partial charge in [0.15, 0.2) is 0 Å². The van der Waals surface area contributed by atoms with Gasteiger partial charge in [0, 0.05) is 19.7 Å². The zero-order valence-electron chi connectivity index (χ0n) is 9.93. The molecule has 0 atom stereocenters. The zero-order valence-corrected chi connectivity index (χ0v) is 9.93. The van der Waals surface area contributed by atoms with Crippen molar-refractivity contribution >= 4 is 5.69 Å². The SMILES string of the molecule is CN(CC(C)(C)CN)c1ccc(F)cc1F. The molecule has 1 rings (SSSR count). The Kier molecular flexibility index (Phi) is 3.86. The number of rotatable bonds is 4. The van der Waals surface area contributed by atoms with Gasteiger partial charge in [0.2, 0.25) is 0 Å². The van der Waals surface area contributed by atoms with Crippen molar-refractivity contribution in [3.05, 3.63) is 29.8 Å². The molecule has 90 valence electrons. The van der Waals surface area contributed by atoms with Gasteiger partial charge in [-0.3, -0.25) is 0 Å². The van der Waals surface area contributed by atoms with Crippen molar-refractivity contribution in [2.45, 2.75) is 13.8 Å². The Balaban J connectivity index is 2.84. The molecule has 0 aromatic heterocycles. The van der Waals surface area contributed by atoms with Crippen LogP contribution in [0.4, 0.5) is 14.5 Å². The van der Waals surface area contributed by atoms with E-state index in [1.807, 2.05) is 13.8 Å². The van der Waals surface area contributed by atoms with E-state index in [4.69, 9.17) is 5.73 Å². The van der Waals surface area contributed by atoms with E-state index in [1.165, 1.54) is 12.1 Å². The predicted octanol–water partition coefficient (Wildman–Crippen LogP) is 2.39. The van der Waals surface area contributed by atoms with Gasteiger partial charge in [-0.1, -0.05) is 13.8 Å². The molecule has 2 nitrogen and oxygen atoms in total. The maximum absolute atomic E-state index is 13.5. The Labute approximate surface area is 95.1 Å². The van der Waals surface area contributed by atoms with Crippen LogP contribution in [0.3, 0.4) is 0 Å². The molecule has 0 unspecified atom stereocenters. The van der Waals surface area contributed by atoms with Crippen LogP contribution in [-0.2, 0) is 0 Å². The van der Waals surface area contributed by atoms with E-state index in [-0.39, 0.29) is 5.41 Å². The highest BCUT2D eigenvalue weighted by molar-refractivity contribution is 5.47. The number of nitrogens with two attached hydrogens (primary N) is 1. The quantitative estimate of drug-likeness (QED) is 0.857. The third kappa shape index (κ3) is 3.17. The van der Waals surface area contributed by atoms with Crippen molar-refractivity contribution in [3.63, 3.8) is 0 Å². The normalized spacial score (nSPS) is 11.6. The van der Waals surface area contributed by atoms with E-state index in [0.717, 1.165) is 6.07 Å². The van der Waals surface area contributed by atoms with Gasteiger partial charge >= 0.3 is 0 Å². The predicted molar refractivity (Wildman–Crippen MR) is 62.5 cm³/mol. The fourth-order valence-corrected chi connectivity index (χ4v) is 1.58. The number of hydrogen-bond acceptors (Lipinski definition) is 2. The van der Waals surface area contributed by atoms with E-state index in [1.54, 1.807) is 11.9 Å². The summed E-state index contributed by atoms with van der Waals surface area (Å²) < 4.78 is 26.2. The largest absolute Gasteiger partial charge is 0.372 e. The summed E-state index contributed by atoms with van der Waals surface area (Å²) in [5, 5.41) is 0. The summed E-state index contributed by atoms with van der Waals surface area (Å²) in [7, 11) is 1.77. The van der Waals surface area contributed by atoms with Crippen molar-refractivity contribution < 1.29 is 8.78 Å². The van der Waals surface area contributed by atoms with Gasteiger partial charge in [-0.25, -0.2) is 8.78 Å². The number of hydrogen-bond donors (Lipinski definition) is 1. The van der Waals surface area contributed by atoms with E-state index < -0.39 is 11.6 Å². The number of benzene rings is 1. The van der Waals surface area contributed by atoms with Crippen LogP contribution in [-0.4, -0.2) is 20.1 Å². The number of halogens is 2. The smallest absolute Gasteiger partial charge is 0.149 e. The Hall–Kier alpha value is -1.16. The van der Waals surface area contributed by atoms with Crippen LogP contribution >= 0.6 is 0 Å². The molecule has 0 fully saturated rings. The van der Waals surface area contributed by atoms with Gasteiger partial charge in [0.25, 0.3) is 0 Å². The summed E-state index contributed by atoms with van der Waals surface area (Å²) in [6.07, 6.45) is 0. The molecule has 4 heteroatoms. The molecule has 0 heterocycles. The van der Waals surface area contributed by atoms with E-state index >= 15 is 0 Å². The molecule has 1 aromatic rings. The highest BCUT2D eigenvalue weighted by Gasteiger charge is 2.19. The molecule has 0 spiro atoms. The lowest BCUT2D eigenvalue weighted by Crippen LogP contribution is -2.37. The number of nitrogens with zero attached hydrogens (tertiary/aromatic N) is 1. The lowest BCUT2D eigenvalue weighted by Gasteiger charge is -2.30. The summed E-state index contributed by atoms with van der Waals surface area (Å²) in [6.45, 7) is 5.14. The summed E-state index contributed by atoms with van der Waals surface area (Å²) >= 11 is 0. The van der Waals surface area contributed by atoms with E-state index in [9.17, 15) is 8.78 Å². The molecule has 0 saturated carbocycles. The Bertz CT molecular complexity index is 364. The molecule has 0 radical (unpaired) electrons. The molecule has 0 bridgehead atoms. The van der Waals surface area contributed by atoms with Crippen LogP contribution in [0, 0.1) is 17.0 Å². The van der Waals surface area contributed by atoms with Crippen molar-refractivity contribution in [2.75, 3.05) is 25.0 Å². The van der Waals surface area contributed by atoms with Crippen LogP contribution in [0.25, 0.3) is 0 Å². The minimum atomic E-state index is -0.562. The Morgan fingerprint density at radius 1 is 1.31 bits per heavy atom. The molecular formula is C12H18F2N2. The average molecular weight is 228 g/mol. The maximum Gasteiger partial charge on any atom is 0.149 e. The molecule has 16 heavy (non-hydrogen) atoms. The first kappa shape index (κ1) is 12.9. The van der Waals surface area contributed by atoms with Gasteiger partial charge in [-0.05, 0) is 24.1 Å². The third-order valence-electron chi connectivity index (χ3n) is 2.54. The average Bonchev–Trinajstić information content (AvgIpc) is 2.16. The van der Waals surface area contributed by atoms with Gasteiger partial charge in [0.05, 0.1) is 5.69 Å². The first-order valence-electron chi connectivity index (χ1n) is 5.22. The highest BCUT2D eigenvalue weighted by Crippen LogP contribution is 2.23. The zero-order chi connectivity index (χ0) is 12.3. The minimum absolute atomic E-state index is 0.102. The molecule has 0 aliphatic heterocycles. The van der Waals surface area contributed by atoms with Crippen molar-refractivity contribution in [1.82, 2.24) is 0 Å². The fourth-order valence-electron chi connectivity index (χ4n) is 1.58. The molecule has 0 aliphatic rings. The van der Waals surface area contributed by atoms with Crippen LogP contribution in [0.1, 0.15) is 13.8 Å². The molecule has 0 aliphatic carbocycles. The summed E-state index contributed by atoms with van der Waals surface area (Å²) in [5.41, 5.74) is 5.90. The second kappa shape index (κ2) is 4.78. The van der Waals surface area contributed by atoms with Crippen molar-refractivity contribution in [3.8, 4) is 0 Å². The van der Waals surface area contributed by atoms with E-state index in [0.29, 0.717) is 18.8 Å².